The van der Waals surface area contributed by atoms with Crippen LogP contribution in [0.3, 0.4) is 0 Å². The summed E-state index contributed by atoms with van der Waals surface area (Å²) in [5.41, 5.74) is 1.08. The van der Waals surface area contributed by atoms with Crippen LogP contribution >= 0.6 is 24.0 Å². The predicted octanol–water partition coefficient (Wildman–Crippen LogP) is 2.24. The number of benzene rings is 1. The molecule has 1 aromatic carbocycles. The fourth-order valence-corrected chi connectivity index (χ4v) is 3.66. The Hall–Kier alpha value is -2.63. The zero-order valence-corrected chi connectivity index (χ0v) is 21.9. The minimum Gasteiger partial charge on any atom is -0.496 e. The Labute approximate surface area is 213 Å². The fourth-order valence-electron chi connectivity index (χ4n) is 3.66. The van der Waals surface area contributed by atoms with Gasteiger partial charge in [-0.2, -0.15) is 0 Å². The Kier molecular flexibility index (Phi) is 11.1. The number of ether oxygens (including phenoxy) is 1. The molecule has 2 aromatic rings. The van der Waals surface area contributed by atoms with E-state index in [1.807, 2.05) is 48.0 Å². The summed E-state index contributed by atoms with van der Waals surface area (Å²) < 4.78 is 5.45. The molecule has 10 heteroatoms. The van der Waals surface area contributed by atoms with Gasteiger partial charge in [-0.15, -0.1) is 24.0 Å². The Bertz CT molecular complexity index is 889. The molecule has 0 saturated carbocycles. The van der Waals surface area contributed by atoms with Gasteiger partial charge in [0.15, 0.2) is 5.96 Å². The monoisotopic (exact) mass is 567 g/mol. The minimum atomic E-state index is 0. The van der Waals surface area contributed by atoms with Gasteiger partial charge in [-0.1, -0.05) is 18.2 Å². The summed E-state index contributed by atoms with van der Waals surface area (Å²) >= 11 is 0. The van der Waals surface area contributed by atoms with Gasteiger partial charge in [-0.3, -0.25) is 9.79 Å². The summed E-state index contributed by atoms with van der Waals surface area (Å²) in [7, 11) is 3.66. The first-order valence-corrected chi connectivity index (χ1v) is 11.0. The number of aromatic nitrogens is 2. The molecule has 1 aromatic heterocycles. The number of para-hydroxylation sites is 1. The lowest BCUT2D eigenvalue weighted by molar-refractivity contribution is -0.131. The van der Waals surface area contributed by atoms with Gasteiger partial charge in [0.25, 0.3) is 0 Å². The first-order chi connectivity index (χ1) is 15.6. The molecule has 0 aliphatic carbocycles. The number of nitrogens with zero attached hydrogens (tertiary/aromatic N) is 6. The van der Waals surface area contributed by atoms with Crippen molar-refractivity contribution in [2.75, 3.05) is 58.3 Å². The van der Waals surface area contributed by atoms with Crippen molar-refractivity contribution in [3.05, 3.63) is 48.3 Å². The maximum Gasteiger partial charge on any atom is 0.225 e. The molecule has 180 valence electrons. The van der Waals surface area contributed by atoms with Crippen LogP contribution in [0.2, 0.25) is 0 Å². The number of carbonyl (C=O) groups excluding carboxylic acids is 1. The van der Waals surface area contributed by atoms with E-state index in [1.54, 1.807) is 25.6 Å². The number of hydrogen-bond donors (Lipinski definition) is 1. The number of anilines is 1. The SMILES string of the molecule is CCNC(=NCCC(=O)N1CCN(c2ncccn2)CC1)N(C)Cc1ccccc1OC.I. The van der Waals surface area contributed by atoms with Crippen LogP contribution in [0.15, 0.2) is 47.7 Å². The molecule has 1 N–H and O–H groups in total. The summed E-state index contributed by atoms with van der Waals surface area (Å²) in [6.45, 7) is 6.72. The molecule has 1 saturated heterocycles. The van der Waals surface area contributed by atoms with Crippen LogP contribution in [-0.4, -0.2) is 85.1 Å². The average Bonchev–Trinajstić information content (AvgIpc) is 2.84. The number of piperazine rings is 1. The van der Waals surface area contributed by atoms with Gasteiger partial charge in [0.2, 0.25) is 11.9 Å². The number of amides is 1. The molecule has 1 fully saturated rings. The zero-order valence-electron chi connectivity index (χ0n) is 19.6. The van der Waals surface area contributed by atoms with Crippen molar-refractivity contribution in [3.63, 3.8) is 0 Å². The summed E-state index contributed by atoms with van der Waals surface area (Å²) in [5.74, 6) is 2.48. The first-order valence-electron chi connectivity index (χ1n) is 11.0. The number of halogens is 1. The molecule has 2 heterocycles. The summed E-state index contributed by atoms with van der Waals surface area (Å²) in [4.78, 5) is 32.0. The van der Waals surface area contributed by atoms with Gasteiger partial charge in [-0.25, -0.2) is 9.97 Å². The molecule has 33 heavy (non-hydrogen) atoms. The van der Waals surface area contributed by atoms with Crippen LogP contribution in [-0.2, 0) is 11.3 Å². The van der Waals surface area contributed by atoms with Gasteiger partial charge in [0.05, 0.1) is 13.7 Å². The second-order valence-corrected chi connectivity index (χ2v) is 7.57. The molecule has 0 atom stereocenters. The van der Waals surface area contributed by atoms with Crippen molar-refractivity contribution in [2.45, 2.75) is 19.9 Å². The van der Waals surface area contributed by atoms with E-state index in [2.05, 4.69) is 25.2 Å². The van der Waals surface area contributed by atoms with E-state index in [9.17, 15) is 4.79 Å². The van der Waals surface area contributed by atoms with Crippen LogP contribution in [0, 0.1) is 0 Å². The van der Waals surface area contributed by atoms with E-state index in [1.165, 1.54) is 0 Å². The number of guanidine groups is 1. The standard InChI is InChI=1S/C23H33N7O2.HI/c1-4-24-22(28(2)18-19-8-5-6-9-20(19)32-3)27-13-10-21(31)29-14-16-30(17-15-29)23-25-11-7-12-26-23;/h5-9,11-12H,4,10,13-18H2,1-3H3,(H,24,27);1H. The molecule has 0 radical (unpaired) electrons. The maximum atomic E-state index is 12.7. The Morgan fingerprint density at radius 3 is 2.52 bits per heavy atom. The second kappa shape index (κ2) is 13.8. The molecule has 0 bridgehead atoms. The zero-order chi connectivity index (χ0) is 22.8. The van der Waals surface area contributed by atoms with Gasteiger partial charge in [0, 0.05) is 70.7 Å². The minimum absolute atomic E-state index is 0. The molecule has 0 unspecified atom stereocenters. The Morgan fingerprint density at radius 1 is 1.15 bits per heavy atom. The number of carbonyl (C=O) groups is 1. The highest BCUT2D eigenvalue weighted by atomic mass is 127. The quantitative estimate of drug-likeness (QED) is 0.298. The summed E-state index contributed by atoms with van der Waals surface area (Å²) in [6.07, 6.45) is 3.87. The molecular formula is C23H34IN7O2. The van der Waals surface area contributed by atoms with Crippen molar-refractivity contribution < 1.29 is 9.53 Å². The van der Waals surface area contributed by atoms with E-state index in [-0.39, 0.29) is 29.9 Å². The van der Waals surface area contributed by atoms with Crippen LogP contribution in [0.5, 0.6) is 5.75 Å². The van der Waals surface area contributed by atoms with E-state index in [0.29, 0.717) is 32.6 Å². The highest BCUT2D eigenvalue weighted by Gasteiger charge is 2.22. The smallest absolute Gasteiger partial charge is 0.225 e. The lowest BCUT2D eigenvalue weighted by Crippen LogP contribution is -2.49. The van der Waals surface area contributed by atoms with Gasteiger partial charge in [-0.05, 0) is 19.1 Å². The van der Waals surface area contributed by atoms with Crippen molar-refractivity contribution in [1.82, 2.24) is 25.1 Å². The third-order valence-electron chi connectivity index (χ3n) is 5.35. The van der Waals surface area contributed by atoms with E-state index in [0.717, 1.165) is 42.9 Å². The number of rotatable bonds is 8. The van der Waals surface area contributed by atoms with Crippen LogP contribution in [0.4, 0.5) is 5.95 Å². The van der Waals surface area contributed by atoms with Gasteiger partial charge < -0.3 is 24.8 Å². The highest BCUT2D eigenvalue weighted by molar-refractivity contribution is 14.0. The van der Waals surface area contributed by atoms with Crippen molar-refractivity contribution in [1.29, 1.82) is 0 Å². The predicted molar refractivity (Wildman–Crippen MR) is 141 cm³/mol. The Morgan fingerprint density at radius 2 is 1.85 bits per heavy atom. The molecule has 1 aliphatic heterocycles. The lowest BCUT2D eigenvalue weighted by atomic mass is 10.2. The van der Waals surface area contributed by atoms with Crippen molar-refractivity contribution in [2.24, 2.45) is 4.99 Å². The topological polar surface area (TPSA) is 86.2 Å². The van der Waals surface area contributed by atoms with Crippen LogP contribution < -0.4 is 15.0 Å². The van der Waals surface area contributed by atoms with Crippen molar-refractivity contribution >= 4 is 41.8 Å². The van der Waals surface area contributed by atoms with Crippen molar-refractivity contribution in [3.8, 4) is 5.75 Å². The summed E-state index contributed by atoms with van der Waals surface area (Å²) in [6, 6.07) is 9.76. The van der Waals surface area contributed by atoms with E-state index >= 15 is 0 Å². The molecule has 3 rings (SSSR count). The third kappa shape index (κ3) is 7.72. The second-order valence-electron chi connectivity index (χ2n) is 7.57. The van der Waals surface area contributed by atoms with Gasteiger partial charge >= 0.3 is 0 Å². The molecular weight excluding hydrogens is 533 g/mol. The Balaban J connectivity index is 0.00000385. The molecule has 0 spiro atoms. The maximum absolute atomic E-state index is 12.7. The van der Waals surface area contributed by atoms with Crippen LogP contribution in [0.1, 0.15) is 18.9 Å². The molecule has 1 amide bonds. The number of aliphatic imine (C=N–C) groups is 1. The first kappa shape index (κ1) is 26.6. The van der Waals surface area contributed by atoms with E-state index in [4.69, 9.17) is 4.74 Å². The van der Waals surface area contributed by atoms with Crippen LogP contribution in [0.25, 0.3) is 0 Å². The summed E-state index contributed by atoms with van der Waals surface area (Å²) in [5, 5.41) is 3.31. The normalized spacial score (nSPS) is 13.8. The molecule has 1 aliphatic rings. The fraction of sp³-hybridized carbons (Fsp3) is 0.478. The largest absolute Gasteiger partial charge is 0.496 e. The average molecular weight is 567 g/mol. The molecule has 9 nitrogen and oxygen atoms in total. The van der Waals surface area contributed by atoms with E-state index < -0.39 is 0 Å². The third-order valence-corrected chi connectivity index (χ3v) is 5.35. The lowest BCUT2D eigenvalue weighted by Gasteiger charge is -2.34. The number of methoxy groups -OCH3 is 1. The van der Waals surface area contributed by atoms with Gasteiger partial charge in [0.1, 0.15) is 5.75 Å². The number of hydrogen-bond acceptors (Lipinski definition) is 6. The number of nitrogens with one attached hydrogen (secondary N) is 1. The highest BCUT2D eigenvalue weighted by Crippen LogP contribution is 2.18.